The molecular weight excluding hydrogens is 578 g/mol. The van der Waals surface area contributed by atoms with Gasteiger partial charge in [-0.25, -0.2) is 0 Å². The van der Waals surface area contributed by atoms with Crippen LogP contribution in [0.15, 0.2) is 0 Å². The van der Waals surface area contributed by atoms with Gasteiger partial charge in [0.1, 0.15) is 0 Å². The van der Waals surface area contributed by atoms with Gasteiger partial charge in [-0.1, -0.05) is 130 Å². The minimum Gasteiger partial charge on any atom is -0.756 e. The fraction of sp³-hybridized carbons (Fsp3) is 1.00. The predicted octanol–water partition coefficient (Wildman–Crippen LogP) is 8.86. The van der Waals surface area contributed by atoms with Crippen LogP contribution in [0.25, 0.3) is 0 Å². The van der Waals surface area contributed by atoms with Crippen LogP contribution in [-0.4, -0.2) is 26.4 Å². The van der Waals surface area contributed by atoms with Crippen molar-refractivity contribution in [2.45, 2.75) is 156 Å². The molecule has 0 aromatic rings. The molecule has 0 aliphatic rings. The molecule has 236 valence electrons. The molecule has 0 amide bonds. The molecular formula is C28H60CrO8P2. The van der Waals surface area contributed by atoms with Gasteiger partial charge >= 0.3 is 17.4 Å². The van der Waals surface area contributed by atoms with E-state index in [9.17, 15) is 18.9 Å². The second-order valence-corrected chi connectivity index (χ2v) is 12.7. The van der Waals surface area contributed by atoms with Gasteiger partial charge in [-0.3, -0.25) is 9.13 Å². The summed E-state index contributed by atoms with van der Waals surface area (Å²) in [5.74, 6) is 0. The summed E-state index contributed by atoms with van der Waals surface area (Å²) < 4.78 is 42.0. The van der Waals surface area contributed by atoms with Crippen molar-refractivity contribution in [1.29, 1.82) is 0 Å². The van der Waals surface area contributed by atoms with E-state index in [1.54, 1.807) is 0 Å². The van der Waals surface area contributed by atoms with Crippen LogP contribution >= 0.6 is 15.6 Å². The van der Waals surface area contributed by atoms with Crippen molar-refractivity contribution < 1.29 is 54.4 Å². The molecule has 0 spiro atoms. The van der Waals surface area contributed by atoms with Gasteiger partial charge < -0.3 is 27.9 Å². The Morgan fingerprint density at radius 2 is 0.564 bits per heavy atom. The first-order valence-electron chi connectivity index (χ1n) is 15.4. The third-order valence-corrected chi connectivity index (χ3v) is 7.98. The van der Waals surface area contributed by atoms with E-state index in [0.29, 0.717) is 0 Å². The molecule has 0 aromatic carbocycles. The van der Waals surface area contributed by atoms with Crippen molar-refractivity contribution in [3.63, 3.8) is 0 Å². The maximum absolute atomic E-state index is 11.4. The van der Waals surface area contributed by atoms with Crippen molar-refractivity contribution in [2.24, 2.45) is 0 Å². The maximum atomic E-state index is 11.4. The molecule has 39 heavy (non-hydrogen) atoms. The van der Waals surface area contributed by atoms with E-state index in [-0.39, 0.29) is 43.8 Å². The van der Waals surface area contributed by atoms with Gasteiger partial charge in [0, 0.05) is 0 Å². The zero-order valence-electron chi connectivity index (χ0n) is 25.5. The quantitative estimate of drug-likeness (QED) is 0.0616. The van der Waals surface area contributed by atoms with Gasteiger partial charge in [-0.15, -0.1) is 0 Å². The first-order chi connectivity index (χ1) is 18.2. The Kier molecular flexibility index (Phi) is 37.7. The van der Waals surface area contributed by atoms with Crippen molar-refractivity contribution in [3.8, 4) is 0 Å². The molecule has 11 heteroatoms. The van der Waals surface area contributed by atoms with E-state index in [1.807, 2.05) is 0 Å². The molecule has 0 bridgehead atoms. The molecule has 0 fully saturated rings. The molecule has 0 atom stereocenters. The minimum atomic E-state index is -4.05. The van der Waals surface area contributed by atoms with Crippen LogP contribution in [-0.2, 0) is 44.6 Å². The summed E-state index contributed by atoms with van der Waals surface area (Å²) >= 11 is 0. The van der Waals surface area contributed by atoms with Crippen molar-refractivity contribution >= 4 is 15.6 Å². The Labute approximate surface area is 252 Å². The van der Waals surface area contributed by atoms with Crippen molar-refractivity contribution in [1.82, 2.24) is 0 Å². The van der Waals surface area contributed by atoms with Gasteiger partial charge in [-0.05, 0) is 25.7 Å². The average Bonchev–Trinajstić information content (AvgIpc) is 2.88. The zero-order valence-corrected chi connectivity index (χ0v) is 28.6. The molecule has 0 aliphatic heterocycles. The summed E-state index contributed by atoms with van der Waals surface area (Å²) in [4.78, 5) is 22.8. The monoisotopic (exact) mass is 638 g/mol. The van der Waals surface area contributed by atoms with Crippen molar-refractivity contribution in [3.05, 3.63) is 0 Å². The van der Waals surface area contributed by atoms with Crippen LogP contribution in [0.1, 0.15) is 156 Å². The summed E-state index contributed by atoms with van der Waals surface area (Å²) in [6.07, 6.45) is 21.3. The van der Waals surface area contributed by atoms with E-state index < -0.39 is 15.6 Å². The molecule has 0 saturated heterocycles. The van der Waals surface area contributed by atoms with Crippen LogP contribution in [0.2, 0.25) is 0 Å². The largest absolute Gasteiger partial charge is 2.00 e. The summed E-state index contributed by atoms with van der Waals surface area (Å²) in [6.45, 7) is 9.60. The summed E-state index contributed by atoms with van der Waals surface area (Å²) in [5.41, 5.74) is 0. The third-order valence-electron chi connectivity index (χ3n) is 5.99. The van der Waals surface area contributed by atoms with Gasteiger partial charge in [0.25, 0.3) is 15.6 Å². The Hall–Kier alpha value is 0.752. The number of hydrogen-bond donors (Lipinski definition) is 0. The van der Waals surface area contributed by atoms with Gasteiger partial charge in [0.05, 0.1) is 26.4 Å². The molecule has 0 aliphatic carbocycles. The Balaban J connectivity index is -0.000000648. The first-order valence-corrected chi connectivity index (χ1v) is 18.4. The van der Waals surface area contributed by atoms with E-state index in [2.05, 4.69) is 27.7 Å². The molecule has 8 nitrogen and oxygen atoms in total. The Morgan fingerprint density at radius 1 is 0.385 bits per heavy atom. The molecule has 0 aromatic heterocycles. The second kappa shape index (κ2) is 33.3. The standard InChI is InChI=1S/2C14H31O4P.Cr/c2*1-3-5-7-9-11-13-17-19(15,16)18-14-12-10-8-6-4-2;/h2*3-14H2,1-2H3,(H,15,16);/q;;+2/p-2. The topological polar surface area (TPSA) is 117 Å². The number of phosphoric ester groups is 2. The number of unbranched alkanes of at least 4 members (excludes halogenated alkanes) is 16. The molecule has 0 radical (unpaired) electrons. The second-order valence-electron chi connectivity index (χ2n) is 9.88. The zero-order chi connectivity index (χ0) is 28.8. The average molecular weight is 639 g/mol. The normalized spacial score (nSPS) is 11.6. The molecule has 0 heterocycles. The minimum absolute atomic E-state index is 0. The maximum Gasteiger partial charge on any atom is 2.00 e. The summed E-state index contributed by atoms with van der Waals surface area (Å²) in [7, 11) is -8.11. The fourth-order valence-electron chi connectivity index (χ4n) is 3.60. The fourth-order valence-corrected chi connectivity index (χ4v) is 5.16. The van der Waals surface area contributed by atoms with Crippen molar-refractivity contribution in [2.75, 3.05) is 26.4 Å². The summed E-state index contributed by atoms with van der Waals surface area (Å²) in [5, 5.41) is 0. The first kappa shape index (κ1) is 44.2. The third kappa shape index (κ3) is 38.8. The molecule has 0 rings (SSSR count). The van der Waals surface area contributed by atoms with Crippen LogP contribution in [0.5, 0.6) is 0 Å². The van der Waals surface area contributed by atoms with Crippen LogP contribution in [0.4, 0.5) is 0 Å². The van der Waals surface area contributed by atoms with E-state index >= 15 is 0 Å². The van der Waals surface area contributed by atoms with Gasteiger partial charge in [-0.2, -0.15) is 0 Å². The number of rotatable bonds is 28. The predicted molar refractivity (Wildman–Crippen MR) is 154 cm³/mol. The summed E-state index contributed by atoms with van der Waals surface area (Å²) in [6, 6.07) is 0. The molecule has 0 unspecified atom stereocenters. The smallest absolute Gasteiger partial charge is 0.756 e. The molecule has 0 saturated carbocycles. The van der Waals surface area contributed by atoms with Gasteiger partial charge in [0.15, 0.2) is 0 Å². The SMILES string of the molecule is CCCCCCCOP(=O)([O-])OCCCCCCC.CCCCCCCOP(=O)([O-])OCCCCCCC.[Cr+2]. The molecule has 0 N–H and O–H groups in total. The van der Waals surface area contributed by atoms with Gasteiger partial charge in [0.2, 0.25) is 0 Å². The van der Waals surface area contributed by atoms with Crippen LogP contribution in [0, 0.1) is 0 Å². The number of phosphoric acid groups is 2. The number of hydrogen-bond acceptors (Lipinski definition) is 8. The Bertz CT molecular complexity index is 482. The van der Waals surface area contributed by atoms with E-state index in [4.69, 9.17) is 18.1 Å². The van der Waals surface area contributed by atoms with Crippen LogP contribution < -0.4 is 9.79 Å². The van der Waals surface area contributed by atoms with E-state index in [0.717, 1.165) is 77.0 Å². The van der Waals surface area contributed by atoms with E-state index in [1.165, 1.54) is 51.4 Å². The Morgan fingerprint density at radius 3 is 0.744 bits per heavy atom. The van der Waals surface area contributed by atoms with Crippen LogP contribution in [0.3, 0.4) is 0 Å².